The number of aromatic nitrogens is 1. The highest BCUT2D eigenvalue weighted by Crippen LogP contribution is 2.25. The molecule has 2 aromatic rings. The third kappa shape index (κ3) is 3.66. The van der Waals surface area contributed by atoms with Crippen LogP contribution in [0.25, 0.3) is 0 Å². The van der Waals surface area contributed by atoms with Crippen molar-refractivity contribution in [3.8, 4) is 0 Å². The summed E-state index contributed by atoms with van der Waals surface area (Å²) in [6, 6.07) is 7.60. The van der Waals surface area contributed by atoms with Crippen LogP contribution in [0.5, 0.6) is 0 Å². The van der Waals surface area contributed by atoms with Gasteiger partial charge in [-0.05, 0) is 36.1 Å². The average Bonchev–Trinajstić information content (AvgIpc) is 2.56. The Kier molecular flexibility index (Phi) is 4.97. The Morgan fingerprint density at radius 2 is 2.29 bits per heavy atom. The van der Waals surface area contributed by atoms with Gasteiger partial charge in [0.05, 0.1) is 4.92 Å². The third-order valence-corrected chi connectivity index (χ3v) is 4.64. The molecule has 126 valence electrons. The number of rotatable bonds is 5. The molecule has 24 heavy (non-hydrogen) atoms. The van der Waals surface area contributed by atoms with Gasteiger partial charge in [-0.15, -0.1) is 0 Å². The van der Waals surface area contributed by atoms with Crippen molar-refractivity contribution in [3.05, 3.63) is 62.3 Å². The molecule has 1 aliphatic rings. The van der Waals surface area contributed by atoms with E-state index < -0.39 is 4.92 Å². The van der Waals surface area contributed by atoms with Crippen LogP contribution in [0, 0.1) is 17.0 Å². The molecular weight excluding hydrogens is 328 g/mol. The number of anilines is 1. The first-order valence-corrected chi connectivity index (χ1v) is 8.26. The molecule has 1 aromatic carbocycles. The molecule has 0 saturated carbocycles. The Balaban J connectivity index is 1.55. The van der Waals surface area contributed by atoms with E-state index in [0.717, 1.165) is 43.2 Å². The lowest BCUT2D eigenvalue weighted by Gasteiger charge is -2.29. The van der Waals surface area contributed by atoms with Crippen LogP contribution in [0.2, 0.25) is 5.02 Å². The number of nitrogens with one attached hydrogen (secondary N) is 1. The highest BCUT2D eigenvalue weighted by molar-refractivity contribution is 6.31. The Morgan fingerprint density at radius 3 is 3.04 bits per heavy atom. The van der Waals surface area contributed by atoms with Crippen LogP contribution in [0.1, 0.15) is 16.7 Å². The molecule has 0 amide bonds. The number of hydrogen-bond donors (Lipinski definition) is 1. The minimum absolute atomic E-state index is 0.0163. The van der Waals surface area contributed by atoms with Crippen molar-refractivity contribution in [2.45, 2.75) is 19.9 Å². The highest BCUT2D eigenvalue weighted by atomic mass is 35.5. The molecule has 0 saturated heterocycles. The molecule has 0 aliphatic carbocycles. The summed E-state index contributed by atoms with van der Waals surface area (Å²) in [6.45, 7) is 5.31. The summed E-state index contributed by atoms with van der Waals surface area (Å²) < 4.78 is 0. The van der Waals surface area contributed by atoms with Crippen molar-refractivity contribution in [1.29, 1.82) is 0 Å². The lowest BCUT2D eigenvalue weighted by molar-refractivity contribution is -0.385. The van der Waals surface area contributed by atoms with E-state index in [4.69, 9.17) is 11.6 Å². The molecule has 0 fully saturated rings. The first-order valence-electron chi connectivity index (χ1n) is 7.88. The van der Waals surface area contributed by atoms with Gasteiger partial charge >= 0.3 is 0 Å². The summed E-state index contributed by atoms with van der Waals surface area (Å²) in [7, 11) is 0. The molecule has 1 aliphatic heterocycles. The molecular formula is C17H19ClN4O2. The van der Waals surface area contributed by atoms with Crippen LogP contribution >= 0.6 is 11.6 Å². The summed E-state index contributed by atoms with van der Waals surface area (Å²) in [5.74, 6) is 0.695. The van der Waals surface area contributed by atoms with E-state index in [-0.39, 0.29) is 5.69 Å². The van der Waals surface area contributed by atoms with Gasteiger partial charge in [0.1, 0.15) is 12.0 Å². The maximum Gasteiger partial charge on any atom is 0.287 e. The Hall–Kier alpha value is -2.18. The van der Waals surface area contributed by atoms with Crippen molar-refractivity contribution in [2.24, 2.45) is 0 Å². The maximum absolute atomic E-state index is 10.7. The van der Waals surface area contributed by atoms with Gasteiger partial charge in [-0.2, -0.15) is 0 Å². The lowest BCUT2D eigenvalue weighted by Crippen LogP contribution is -2.34. The molecule has 0 unspecified atom stereocenters. The highest BCUT2D eigenvalue weighted by Gasteiger charge is 2.17. The van der Waals surface area contributed by atoms with Crippen LogP contribution in [-0.2, 0) is 13.0 Å². The molecule has 1 aromatic heterocycles. The normalized spacial score (nSPS) is 14.2. The molecule has 6 nitrogen and oxygen atoms in total. The van der Waals surface area contributed by atoms with Gasteiger partial charge in [0, 0.05) is 37.3 Å². The number of fused-ring (bicyclic) bond motifs is 1. The summed E-state index contributed by atoms with van der Waals surface area (Å²) in [6.07, 6.45) is 2.25. The first kappa shape index (κ1) is 16.7. The van der Waals surface area contributed by atoms with Crippen molar-refractivity contribution >= 4 is 23.1 Å². The van der Waals surface area contributed by atoms with E-state index in [1.807, 2.05) is 19.1 Å². The van der Waals surface area contributed by atoms with Gasteiger partial charge in [0.25, 0.3) is 5.69 Å². The van der Waals surface area contributed by atoms with E-state index in [2.05, 4.69) is 21.3 Å². The quantitative estimate of drug-likeness (QED) is 0.663. The fourth-order valence-corrected chi connectivity index (χ4v) is 3.28. The molecule has 0 radical (unpaired) electrons. The van der Waals surface area contributed by atoms with Crippen molar-refractivity contribution in [2.75, 3.05) is 25.0 Å². The van der Waals surface area contributed by atoms with Crippen LogP contribution < -0.4 is 5.32 Å². The summed E-state index contributed by atoms with van der Waals surface area (Å²) in [4.78, 5) is 16.8. The van der Waals surface area contributed by atoms with Gasteiger partial charge in [0.15, 0.2) is 0 Å². The molecule has 0 spiro atoms. The number of nitrogens with zero attached hydrogens (tertiary/aromatic N) is 3. The summed E-state index contributed by atoms with van der Waals surface area (Å²) >= 11 is 6.24. The summed E-state index contributed by atoms with van der Waals surface area (Å²) in [5.41, 5.74) is 3.34. The monoisotopic (exact) mass is 346 g/mol. The smallest absolute Gasteiger partial charge is 0.287 e. The SMILES string of the molecule is Cc1cc([N+](=O)[O-])cnc1NCCN1CCc2c(Cl)cccc2C1. The van der Waals surface area contributed by atoms with Crippen LogP contribution in [0.4, 0.5) is 11.5 Å². The van der Waals surface area contributed by atoms with Gasteiger partial charge in [-0.3, -0.25) is 15.0 Å². The number of nitro groups is 1. The second-order valence-electron chi connectivity index (χ2n) is 5.95. The average molecular weight is 347 g/mol. The van der Waals surface area contributed by atoms with Gasteiger partial charge in [-0.25, -0.2) is 4.98 Å². The van der Waals surface area contributed by atoms with Gasteiger partial charge in [0.2, 0.25) is 0 Å². The molecule has 0 bridgehead atoms. The molecule has 0 atom stereocenters. The van der Waals surface area contributed by atoms with Crippen molar-refractivity contribution in [1.82, 2.24) is 9.88 Å². The number of halogens is 1. The fraction of sp³-hybridized carbons (Fsp3) is 0.353. The Bertz CT molecular complexity index is 766. The molecule has 1 N–H and O–H groups in total. The van der Waals surface area contributed by atoms with Gasteiger partial charge in [-0.1, -0.05) is 23.7 Å². The largest absolute Gasteiger partial charge is 0.369 e. The molecule has 3 rings (SSSR count). The first-order chi connectivity index (χ1) is 11.5. The number of pyridine rings is 1. The number of hydrogen-bond acceptors (Lipinski definition) is 5. The van der Waals surface area contributed by atoms with Crippen molar-refractivity contribution < 1.29 is 4.92 Å². The summed E-state index contributed by atoms with van der Waals surface area (Å²) in [5, 5.41) is 14.9. The zero-order valence-electron chi connectivity index (χ0n) is 13.5. The minimum Gasteiger partial charge on any atom is -0.369 e. The topological polar surface area (TPSA) is 71.3 Å². The zero-order valence-corrected chi connectivity index (χ0v) is 14.2. The van der Waals surface area contributed by atoms with E-state index in [9.17, 15) is 10.1 Å². The molecule has 7 heteroatoms. The Morgan fingerprint density at radius 1 is 1.46 bits per heavy atom. The third-order valence-electron chi connectivity index (χ3n) is 4.28. The lowest BCUT2D eigenvalue weighted by atomic mass is 10.00. The predicted molar refractivity (Wildman–Crippen MR) is 94.6 cm³/mol. The maximum atomic E-state index is 10.7. The van der Waals surface area contributed by atoms with E-state index in [0.29, 0.717) is 5.82 Å². The number of aryl methyl sites for hydroxylation is 1. The fourth-order valence-electron chi connectivity index (χ4n) is 2.99. The van der Waals surface area contributed by atoms with Crippen LogP contribution in [-0.4, -0.2) is 34.4 Å². The van der Waals surface area contributed by atoms with Crippen LogP contribution in [0.15, 0.2) is 30.5 Å². The second kappa shape index (κ2) is 7.15. The van der Waals surface area contributed by atoms with Gasteiger partial charge < -0.3 is 5.32 Å². The standard InChI is InChI=1S/C17H19ClN4O2/c1-12-9-14(22(23)24)10-20-17(12)19-6-8-21-7-5-15-13(11-21)3-2-4-16(15)18/h2-4,9-10H,5-8,11H2,1H3,(H,19,20). The predicted octanol–water partition coefficient (Wildman–Crippen LogP) is 3.42. The van der Waals surface area contributed by atoms with E-state index >= 15 is 0 Å². The van der Waals surface area contributed by atoms with E-state index in [1.54, 1.807) is 0 Å². The van der Waals surface area contributed by atoms with Crippen LogP contribution in [0.3, 0.4) is 0 Å². The number of benzene rings is 1. The van der Waals surface area contributed by atoms with E-state index in [1.165, 1.54) is 23.4 Å². The molecule has 2 heterocycles. The second-order valence-corrected chi connectivity index (χ2v) is 6.35. The van der Waals surface area contributed by atoms with Crippen molar-refractivity contribution in [3.63, 3.8) is 0 Å². The minimum atomic E-state index is -0.430. The zero-order chi connectivity index (χ0) is 17.1. The Labute approximate surface area is 145 Å².